The fourth-order valence-electron chi connectivity index (χ4n) is 2.22. The van der Waals surface area contributed by atoms with Crippen molar-refractivity contribution in [3.63, 3.8) is 0 Å². The molecule has 1 heterocycles. The Hall–Kier alpha value is -3.48. The molecule has 0 saturated heterocycles. The van der Waals surface area contributed by atoms with Gasteiger partial charge in [0.25, 0.3) is 0 Å². The summed E-state index contributed by atoms with van der Waals surface area (Å²) in [6.45, 7) is 0.889. The normalized spacial score (nSPS) is 13.6. The highest BCUT2D eigenvalue weighted by molar-refractivity contribution is 5.92. The summed E-state index contributed by atoms with van der Waals surface area (Å²) in [7, 11) is 0. The molecule has 4 amide bonds. The first-order valence-electron chi connectivity index (χ1n) is 8.71. The smallest absolute Gasteiger partial charge is 0.326 e. The Morgan fingerprint density at radius 3 is 2.45 bits per heavy atom. The lowest BCUT2D eigenvalue weighted by atomic mass is 10.1. The number of aromatic amines is 1. The fraction of sp³-hybridized carbons (Fsp3) is 0.500. The SMILES string of the molecule is CC(NC(=O)C(N)Cc1cnc[nH]1)C(=O)NCC(=O)NC(CCC(N)=O)C(=O)O. The van der Waals surface area contributed by atoms with Gasteiger partial charge in [-0.15, -0.1) is 0 Å². The van der Waals surface area contributed by atoms with E-state index in [9.17, 15) is 24.0 Å². The number of nitrogens with zero attached hydrogens (tertiary/aromatic N) is 1. The number of amides is 4. The third-order valence-electron chi connectivity index (χ3n) is 3.82. The van der Waals surface area contributed by atoms with E-state index < -0.39 is 54.3 Å². The fourth-order valence-corrected chi connectivity index (χ4v) is 2.22. The average molecular weight is 411 g/mol. The minimum absolute atomic E-state index is 0.176. The van der Waals surface area contributed by atoms with Gasteiger partial charge in [0.15, 0.2) is 0 Å². The Bertz CT molecular complexity index is 736. The van der Waals surface area contributed by atoms with E-state index in [1.165, 1.54) is 19.4 Å². The number of nitrogens with two attached hydrogens (primary N) is 2. The molecule has 1 rings (SSSR count). The molecule has 0 aliphatic carbocycles. The van der Waals surface area contributed by atoms with Gasteiger partial charge in [-0.05, 0) is 13.3 Å². The molecular formula is C16H25N7O6. The van der Waals surface area contributed by atoms with E-state index in [0.717, 1.165) is 0 Å². The third-order valence-corrected chi connectivity index (χ3v) is 3.82. The Morgan fingerprint density at radius 1 is 1.21 bits per heavy atom. The van der Waals surface area contributed by atoms with Crippen molar-refractivity contribution >= 4 is 29.6 Å². The summed E-state index contributed by atoms with van der Waals surface area (Å²) >= 11 is 0. The van der Waals surface area contributed by atoms with Crippen LogP contribution in [0.4, 0.5) is 0 Å². The molecule has 160 valence electrons. The minimum Gasteiger partial charge on any atom is -0.480 e. The zero-order valence-electron chi connectivity index (χ0n) is 15.8. The first-order chi connectivity index (χ1) is 13.6. The summed E-state index contributed by atoms with van der Waals surface area (Å²) < 4.78 is 0. The highest BCUT2D eigenvalue weighted by Gasteiger charge is 2.23. The standard InChI is InChI=1S/C16H25N7O6/c1-8(22-15(27)10(17)4-9-5-19-7-21-9)14(26)20-6-13(25)23-11(16(28)29)2-3-12(18)24/h5,7-8,10-11H,2-4,6,17H2,1H3,(H2,18,24)(H,19,21)(H,20,26)(H,22,27)(H,23,25)(H,28,29). The van der Waals surface area contributed by atoms with Crippen LogP contribution in [0, 0.1) is 0 Å². The van der Waals surface area contributed by atoms with Crippen molar-refractivity contribution in [2.45, 2.75) is 44.3 Å². The molecule has 29 heavy (non-hydrogen) atoms. The zero-order chi connectivity index (χ0) is 22.0. The quantitative estimate of drug-likeness (QED) is 0.184. The molecule has 9 N–H and O–H groups in total. The number of carbonyl (C=O) groups excluding carboxylic acids is 4. The molecule has 3 atom stereocenters. The number of hydrogen-bond acceptors (Lipinski definition) is 7. The highest BCUT2D eigenvalue weighted by atomic mass is 16.4. The van der Waals surface area contributed by atoms with Crippen molar-refractivity contribution in [2.24, 2.45) is 11.5 Å². The van der Waals surface area contributed by atoms with E-state index in [2.05, 4.69) is 25.9 Å². The monoisotopic (exact) mass is 411 g/mol. The van der Waals surface area contributed by atoms with Gasteiger partial charge < -0.3 is 37.5 Å². The summed E-state index contributed by atoms with van der Waals surface area (Å²) in [4.78, 5) is 64.3. The molecule has 0 aliphatic heterocycles. The predicted molar refractivity (Wildman–Crippen MR) is 98.9 cm³/mol. The number of rotatable bonds is 12. The van der Waals surface area contributed by atoms with Crippen LogP contribution < -0.4 is 27.4 Å². The van der Waals surface area contributed by atoms with Crippen molar-refractivity contribution in [3.8, 4) is 0 Å². The van der Waals surface area contributed by atoms with Gasteiger partial charge in [-0.3, -0.25) is 19.2 Å². The number of aromatic nitrogens is 2. The van der Waals surface area contributed by atoms with Crippen molar-refractivity contribution in [2.75, 3.05) is 6.54 Å². The number of aliphatic carboxylic acids is 1. The molecule has 0 aromatic carbocycles. The van der Waals surface area contributed by atoms with Crippen LogP contribution in [0.1, 0.15) is 25.5 Å². The zero-order valence-corrected chi connectivity index (χ0v) is 15.8. The van der Waals surface area contributed by atoms with E-state index in [0.29, 0.717) is 5.69 Å². The highest BCUT2D eigenvalue weighted by Crippen LogP contribution is 1.98. The largest absolute Gasteiger partial charge is 0.480 e. The topological polar surface area (TPSA) is 222 Å². The minimum atomic E-state index is -1.34. The number of H-pyrrole nitrogens is 1. The second-order valence-corrected chi connectivity index (χ2v) is 6.30. The number of carboxylic acids is 1. The van der Waals surface area contributed by atoms with E-state index in [1.54, 1.807) is 0 Å². The van der Waals surface area contributed by atoms with E-state index in [4.69, 9.17) is 16.6 Å². The molecule has 0 aliphatic rings. The van der Waals surface area contributed by atoms with E-state index in [1.807, 2.05) is 0 Å². The van der Waals surface area contributed by atoms with E-state index >= 15 is 0 Å². The summed E-state index contributed by atoms with van der Waals surface area (Å²) in [5.41, 5.74) is 11.4. The molecule has 0 radical (unpaired) electrons. The summed E-state index contributed by atoms with van der Waals surface area (Å²) in [6.07, 6.45) is 2.78. The van der Waals surface area contributed by atoms with Gasteiger partial charge in [0, 0.05) is 24.7 Å². The molecule has 3 unspecified atom stereocenters. The summed E-state index contributed by atoms with van der Waals surface area (Å²) in [6, 6.07) is -3.20. The molecule has 0 bridgehead atoms. The van der Waals surface area contributed by atoms with Crippen LogP contribution in [0.2, 0.25) is 0 Å². The average Bonchev–Trinajstić information content (AvgIpc) is 3.15. The lowest BCUT2D eigenvalue weighted by molar-refractivity contribution is -0.142. The molecular weight excluding hydrogens is 386 g/mol. The number of primary amides is 1. The van der Waals surface area contributed by atoms with Gasteiger partial charge in [0.05, 0.1) is 18.9 Å². The van der Waals surface area contributed by atoms with Gasteiger partial charge >= 0.3 is 5.97 Å². The van der Waals surface area contributed by atoms with Gasteiger partial charge in [-0.25, -0.2) is 9.78 Å². The number of imidazole rings is 1. The van der Waals surface area contributed by atoms with Crippen LogP contribution in [-0.4, -0.2) is 69.3 Å². The lowest BCUT2D eigenvalue weighted by Gasteiger charge is -2.18. The van der Waals surface area contributed by atoms with Crippen molar-refractivity contribution in [1.82, 2.24) is 25.9 Å². The molecule has 1 aromatic heterocycles. The van der Waals surface area contributed by atoms with Gasteiger partial charge in [-0.2, -0.15) is 0 Å². The molecule has 1 aromatic rings. The Labute approximate surface area is 166 Å². The Kier molecular flexibility index (Phi) is 9.25. The number of hydrogen-bond donors (Lipinski definition) is 7. The summed E-state index contributed by atoms with van der Waals surface area (Å²) in [5.74, 6) is -4.04. The number of carbonyl (C=O) groups is 5. The molecule has 0 saturated carbocycles. The second kappa shape index (κ2) is 11.4. The molecule has 13 nitrogen and oxygen atoms in total. The number of nitrogens with one attached hydrogen (secondary N) is 4. The Balaban J connectivity index is 2.41. The van der Waals surface area contributed by atoms with Gasteiger partial charge in [0.2, 0.25) is 23.6 Å². The third kappa shape index (κ3) is 8.83. The van der Waals surface area contributed by atoms with Gasteiger partial charge in [-0.1, -0.05) is 0 Å². The van der Waals surface area contributed by atoms with E-state index in [-0.39, 0.29) is 19.3 Å². The second-order valence-electron chi connectivity index (χ2n) is 6.30. The van der Waals surface area contributed by atoms with Crippen LogP contribution >= 0.6 is 0 Å². The van der Waals surface area contributed by atoms with Crippen LogP contribution in [0.5, 0.6) is 0 Å². The lowest BCUT2D eigenvalue weighted by Crippen LogP contribution is -2.52. The maximum absolute atomic E-state index is 12.0. The molecule has 0 spiro atoms. The molecule has 0 fully saturated rings. The van der Waals surface area contributed by atoms with Crippen LogP contribution in [0.15, 0.2) is 12.5 Å². The maximum atomic E-state index is 12.0. The summed E-state index contributed by atoms with van der Waals surface area (Å²) in [5, 5.41) is 15.9. The van der Waals surface area contributed by atoms with Crippen LogP contribution in [0.3, 0.4) is 0 Å². The van der Waals surface area contributed by atoms with Crippen LogP contribution in [-0.2, 0) is 30.4 Å². The molecule has 13 heteroatoms. The van der Waals surface area contributed by atoms with Crippen molar-refractivity contribution in [3.05, 3.63) is 18.2 Å². The predicted octanol–water partition coefficient (Wildman–Crippen LogP) is -3.26. The first kappa shape index (κ1) is 23.6. The number of carboxylic acid groups (broad SMARTS) is 1. The van der Waals surface area contributed by atoms with Gasteiger partial charge in [0.1, 0.15) is 12.1 Å². The Morgan fingerprint density at radius 2 is 1.90 bits per heavy atom. The van der Waals surface area contributed by atoms with Crippen molar-refractivity contribution in [1.29, 1.82) is 0 Å². The van der Waals surface area contributed by atoms with Crippen molar-refractivity contribution < 1.29 is 29.1 Å². The van der Waals surface area contributed by atoms with Crippen LogP contribution in [0.25, 0.3) is 0 Å². The maximum Gasteiger partial charge on any atom is 0.326 e. The first-order valence-corrected chi connectivity index (χ1v) is 8.71.